The number of rotatable bonds is 7. The number of fused-ring (bicyclic) bond motifs is 4. The Morgan fingerprint density at radius 3 is 2.38 bits per heavy atom. The quantitative estimate of drug-likeness (QED) is 0.0954. The van der Waals surface area contributed by atoms with E-state index < -0.39 is 87.2 Å². The number of carboxylic acid groups (broad SMARTS) is 1. The Bertz CT molecular complexity index is 2500. The zero-order valence-corrected chi connectivity index (χ0v) is 33.4. The van der Waals surface area contributed by atoms with Crippen LogP contribution in [-0.4, -0.2) is 56.9 Å². The van der Waals surface area contributed by atoms with Crippen LogP contribution >= 0.6 is 45.8 Å². The summed E-state index contributed by atoms with van der Waals surface area (Å²) in [6, 6.07) is 15.5. The Hall–Kier alpha value is -5.20. The average molecular weight is 947 g/mol. The number of aromatic nitrogens is 1. The first-order valence-electron chi connectivity index (χ1n) is 17.6. The SMILES string of the molecule is COc1cc([C@H]2C3=CC[C@@H]4C(=O)N(c5cccc(C(=O)O)c5)C(=O)[C@@H]4[C@@H]3C[C@H]3C(=O)N(Nc4ncc(C(F)(F)F)cc4Cl)C(=O)[C@@]23c2ccc(Cl)cc2)cc(I)c1O. The number of aromatic hydroxyl groups is 1. The number of hydrogen-bond acceptors (Lipinski definition) is 9. The smallest absolute Gasteiger partial charge is 0.417 e. The van der Waals surface area contributed by atoms with Gasteiger partial charge in [0.15, 0.2) is 17.3 Å². The van der Waals surface area contributed by atoms with Crippen molar-refractivity contribution in [1.29, 1.82) is 0 Å². The lowest BCUT2D eigenvalue weighted by atomic mass is 9.49. The summed E-state index contributed by atoms with van der Waals surface area (Å²) >= 11 is 14.5. The van der Waals surface area contributed by atoms with Crippen LogP contribution in [0.4, 0.5) is 24.7 Å². The molecule has 2 aliphatic carbocycles. The number of imide groups is 2. The first-order valence-corrected chi connectivity index (χ1v) is 19.4. The number of hydrazine groups is 1. The van der Waals surface area contributed by atoms with E-state index in [2.05, 4.69) is 10.4 Å². The molecular formula is C40H28Cl2F3IN4O8. The van der Waals surface area contributed by atoms with Crippen LogP contribution in [0.1, 0.15) is 45.8 Å². The molecule has 3 N–H and O–H groups in total. The normalized spacial score (nSPS) is 25.3. The van der Waals surface area contributed by atoms with Gasteiger partial charge in [0.05, 0.1) is 55.7 Å². The molecule has 3 fully saturated rings. The number of nitrogens with one attached hydrogen (secondary N) is 1. The van der Waals surface area contributed by atoms with Crippen LogP contribution < -0.4 is 15.1 Å². The van der Waals surface area contributed by atoms with Crippen molar-refractivity contribution in [3.63, 3.8) is 0 Å². The second-order valence-electron chi connectivity index (χ2n) is 14.3. The minimum absolute atomic E-state index is 0.0465. The number of nitrogens with zero attached hydrogens (tertiary/aromatic N) is 3. The molecule has 18 heteroatoms. The van der Waals surface area contributed by atoms with Gasteiger partial charge in [-0.05, 0) is 101 Å². The van der Waals surface area contributed by atoms with Crippen LogP contribution in [-0.2, 0) is 30.8 Å². The number of ether oxygens (including phenoxy) is 1. The molecule has 12 nitrogen and oxygen atoms in total. The molecule has 0 unspecified atom stereocenters. The fourth-order valence-corrected chi connectivity index (χ4v) is 10.1. The third-order valence-electron chi connectivity index (χ3n) is 11.5. The van der Waals surface area contributed by atoms with E-state index in [0.29, 0.717) is 42.6 Å². The first kappa shape index (κ1) is 39.6. The number of benzene rings is 3. The van der Waals surface area contributed by atoms with Crippen LogP contribution in [0.5, 0.6) is 11.5 Å². The Balaban J connectivity index is 1.33. The molecule has 1 saturated carbocycles. The molecule has 6 atom stereocenters. The van der Waals surface area contributed by atoms with Crippen LogP contribution in [0, 0.1) is 27.2 Å². The van der Waals surface area contributed by atoms with Gasteiger partial charge in [-0.1, -0.05) is 53.1 Å². The van der Waals surface area contributed by atoms with E-state index in [4.69, 9.17) is 27.9 Å². The van der Waals surface area contributed by atoms with Gasteiger partial charge < -0.3 is 14.9 Å². The van der Waals surface area contributed by atoms with Crippen molar-refractivity contribution in [1.82, 2.24) is 9.99 Å². The van der Waals surface area contributed by atoms with Crippen LogP contribution in [0.15, 0.2) is 84.6 Å². The third-order valence-corrected chi connectivity index (χ3v) is 12.9. The van der Waals surface area contributed by atoms with Crippen molar-refractivity contribution in [2.45, 2.75) is 30.4 Å². The van der Waals surface area contributed by atoms with E-state index in [0.717, 1.165) is 4.90 Å². The summed E-state index contributed by atoms with van der Waals surface area (Å²) < 4.78 is 46.4. The minimum atomic E-state index is -4.78. The van der Waals surface area contributed by atoms with Crippen molar-refractivity contribution < 1.29 is 52.1 Å². The number of phenolic OH excluding ortho intramolecular Hbond substituents is 1. The number of carbonyl (C=O) groups excluding carboxylic acids is 4. The number of alkyl halides is 3. The summed E-state index contributed by atoms with van der Waals surface area (Å²) in [5, 5.41) is 21.0. The second-order valence-corrected chi connectivity index (χ2v) is 16.3. The number of halogens is 6. The van der Waals surface area contributed by atoms with Gasteiger partial charge in [0, 0.05) is 17.1 Å². The molecule has 0 spiro atoms. The number of carbonyl (C=O) groups is 5. The van der Waals surface area contributed by atoms with E-state index in [1.807, 2.05) is 22.6 Å². The molecule has 298 valence electrons. The summed E-state index contributed by atoms with van der Waals surface area (Å²) in [6.45, 7) is 0. The van der Waals surface area contributed by atoms with Crippen molar-refractivity contribution in [3.05, 3.63) is 120 Å². The molecule has 2 saturated heterocycles. The third kappa shape index (κ3) is 6.01. The Morgan fingerprint density at radius 1 is 1.00 bits per heavy atom. The van der Waals surface area contributed by atoms with Crippen molar-refractivity contribution in [2.75, 3.05) is 17.4 Å². The van der Waals surface area contributed by atoms with Gasteiger partial charge in [0.2, 0.25) is 11.8 Å². The monoisotopic (exact) mass is 946 g/mol. The number of amides is 4. The van der Waals surface area contributed by atoms with Crippen LogP contribution in [0.25, 0.3) is 0 Å². The molecule has 2 aliphatic heterocycles. The number of allylic oxidation sites excluding steroid dienone is 2. The fourth-order valence-electron chi connectivity index (χ4n) is 9.11. The van der Waals surface area contributed by atoms with E-state index in [9.17, 15) is 42.6 Å². The molecule has 4 aromatic rings. The minimum Gasteiger partial charge on any atom is -0.504 e. The molecule has 58 heavy (non-hydrogen) atoms. The Morgan fingerprint density at radius 2 is 1.72 bits per heavy atom. The number of aromatic carboxylic acids is 1. The Labute approximate surface area is 350 Å². The topological polar surface area (TPSA) is 166 Å². The second kappa shape index (κ2) is 14.3. The summed E-state index contributed by atoms with van der Waals surface area (Å²) in [4.78, 5) is 75.6. The molecular weight excluding hydrogens is 919 g/mol. The van der Waals surface area contributed by atoms with Gasteiger partial charge in [-0.15, -0.1) is 0 Å². The van der Waals surface area contributed by atoms with Gasteiger partial charge >= 0.3 is 12.1 Å². The van der Waals surface area contributed by atoms with Gasteiger partial charge in [0.25, 0.3) is 11.8 Å². The molecule has 1 aromatic heterocycles. The summed E-state index contributed by atoms with van der Waals surface area (Å²) in [7, 11) is 1.34. The maximum Gasteiger partial charge on any atom is 0.417 e. The lowest BCUT2D eigenvalue weighted by Gasteiger charge is -2.50. The maximum atomic E-state index is 15.4. The highest BCUT2D eigenvalue weighted by Gasteiger charge is 2.70. The zero-order valence-electron chi connectivity index (χ0n) is 29.8. The molecule has 4 aliphatic rings. The summed E-state index contributed by atoms with van der Waals surface area (Å²) in [5.41, 5.74) is 0.821. The van der Waals surface area contributed by atoms with E-state index in [1.54, 1.807) is 36.4 Å². The molecule has 0 bridgehead atoms. The zero-order chi connectivity index (χ0) is 41.6. The predicted octanol–water partition coefficient (Wildman–Crippen LogP) is 7.61. The fraction of sp³-hybridized carbons (Fsp3) is 0.250. The van der Waals surface area contributed by atoms with Crippen molar-refractivity contribution >= 4 is 86.9 Å². The van der Waals surface area contributed by atoms with Gasteiger partial charge in [-0.25, -0.2) is 9.78 Å². The largest absolute Gasteiger partial charge is 0.504 e. The lowest BCUT2D eigenvalue weighted by Crippen LogP contribution is -2.53. The number of methoxy groups -OCH3 is 1. The molecule has 4 amide bonds. The standard InChI is InChI=1S/C40H28Cl2F3IN4O8/c1-58-29-13-18(12-28(46)32(29)51)31-23-9-10-24-30(36(54)49(34(24)52)22-4-2-3-17(11-22)37(55)56)25(23)15-26-35(53)50(38(57)39(26,31)19-5-7-21(41)8-6-19)48-33-27(42)14-20(16-47-33)40(43,44)45/h2-9,11-14,16,24-26,30-31,51H,10,15H2,1H3,(H,47,48)(H,55,56)/t24-,25+,26-,30-,31-,39+/m0/s1. The molecule has 8 rings (SSSR count). The number of pyridine rings is 1. The Kier molecular flexibility index (Phi) is 9.74. The molecule has 0 radical (unpaired) electrons. The number of phenols is 1. The average Bonchev–Trinajstić information content (AvgIpc) is 3.57. The maximum absolute atomic E-state index is 15.4. The number of anilines is 2. The van der Waals surface area contributed by atoms with Crippen molar-refractivity contribution in [2.24, 2.45) is 23.7 Å². The highest BCUT2D eigenvalue weighted by Crippen LogP contribution is 2.64. The van der Waals surface area contributed by atoms with Gasteiger partial charge in [0.1, 0.15) is 0 Å². The number of carboxylic acids is 1. The lowest BCUT2D eigenvalue weighted by molar-refractivity contribution is -0.139. The summed E-state index contributed by atoms with van der Waals surface area (Å²) in [6.07, 6.45) is -2.57. The highest BCUT2D eigenvalue weighted by molar-refractivity contribution is 14.1. The van der Waals surface area contributed by atoms with E-state index in [1.165, 1.54) is 37.4 Å². The van der Waals surface area contributed by atoms with Gasteiger partial charge in [-0.3, -0.25) is 29.5 Å². The van der Waals surface area contributed by atoms with E-state index in [-0.39, 0.29) is 35.6 Å². The molecule has 3 heterocycles. The highest BCUT2D eigenvalue weighted by atomic mass is 127. The van der Waals surface area contributed by atoms with Crippen molar-refractivity contribution in [3.8, 4) is 11.5 Å². The van der Waals surface area contributed by atoms with Gasteiger partial charge in [-0.2, -0.15) is 18.2 Å². The predicted molar refractivity (Wildman–Crippen MR) is 210 cm³/mol. The number of hydrogen-bond donors (Lipinski definition) is 3. The molecule has 3 aromatic carbocycles. The van der Waals surface area contributed by atoms with E-state index >= 15 is 4.79 Å². The summed E-state index contributed by atoms with van der Waals surface area (Å²) in [5.74, 6) is -9.75. The first-order chi connectivity index (χ1) is 27.5. The van der Waals surface area contributed by atoms with Crippen LogP contribution in [0.2, 0.25) is 10.0 Å². The van der Waals surface area contributed by atoms with Crippen LogP contribution in [0.3, 0.4) is 0 Å².